The minimum Gasteiger partial charge on any atom is -0.394 e. The maximum absolute atomic E-state index is 9.72. The lowest BCUT2D eigenvalue weighted by atomic mass is 10.1. The van der Waals surface area contributed by atoms with Gasteiger partial charge in [-0.05, 0) is 29.3 Å². The van der Waals surface area contributed by atoms with E-state index in [9.17, 15) is 5.11 Å². The summed E-state index contributed by atoms with van der Waals surface area (Å²) in [5.41, 5.74) is 5.50. The molecule has 1 unspecified atom stereocenters. The average molecular weight is 331 g/mol. The molecule has 3 N–H and O–H groups in total. The maximum atomic E-state index is 9.72. The van der Waals surface area contributed by atoms with Crippen LogP contribution in [0, 0.1) is 0 Å². The van der Waals surface area contributed by atoms with Crippen LogP contribution < -0.4 is 5.32 Å². The van der Waals surface area contributed by atoms with Crippen molar-refractivity contribution < 1.29 is 5.11 Å². The number of rotatable bonds is 5. The fraction of sp³-hybridized carbons (Fsp3) is 0.105. The van der Waals surface area contributed by atoms with Gasteiger partial charge in [0, 0.05) is 18.0 Å². The predicted octanol–water partition coefficient (Wildman–Crippen LogP) is 3.17. The summed E-state index contributed by atoms with van der Waals surface area (Å²) in [5, 5.41) is 23.9. The third kappa shape index (κ3) is 3.20. The van der Waals surface area contributed by atoms with Crippen molar-refractivity contribution in [2.24, 2.45) is 0 Å². The van der Waals surface area contributed by atoms with Crippen molar-refractivity contribution in [3.05, 3.63) is 72.6 Å². The fourth-order valence-electron chi connectivity index (χ4n) is 2.82. The lowest BCUT2D eigenvalue weighted by Gasteiger charge is -2.18. The number of aromatic amines is 1. The maximum Gasteiger partial charge on any atom is 0.113 e. The highest BCUT2D eigenvalue weighted by atomic mass is 16.3. The largest absolute Gasteiger partial charge is 0.394 e. The van der Waals surface area contributed by atoms with Gasteiger partial charge in [0.25, 0.3) is 0 Å². The smallest absolute Gasteiger partial charge is 0.113 e. The molecule has 0 fully saturated rings. The number of nitrogens with zero attached hydrogens (tertiary/aromatic N) is 3. The van der Waals surface area contributed by atoms with Crippen molar-refractivity contribution in [1.29, 1.82) is 0 Å². The molecular formula is C19H17N5O. The molecule has 124 valence electrons. The molecule has 6 nitrogen and oxygen atoms in total. The zero-order valence-corrected chi connectivity index (χ0v) is 13.4. The van der Waals surface area contributed by atoms with Crippen molar-refractivity contribution in [3.8, 4) is 11.1 Å². The van der Waals surface area contributed by atoms with E-state index in [4.69, 9.17) is 0 Å². The number of H-pyrrole nitrogens is 1. The molecule has 4 aromatic rings. The number of pyridine rings is 1. The molecule has 25 heavy (non-hydrogen) atoms. The van der Waals surface area contributed by atoms with Gasteiger partial charge in [-0.3, -0.25) is 4.98 Å². The Labute approximate surface area is 144 Å². The second-order valence-corrected chi connectivity index (χ2v) is 5.78. The van der Waals surface area contributed by atoms with E-state index >= 15 is 0 Å². The first-order valence-corrected chi connectivity index (χ1v) is 8.02. The number of hydrogen-bond acceptors (Lipinski definition) is 5. The Balaban J connectivity index is 1.62. The molecule has 0 spiro atoms. The van der Waals surface area contributed by atoms with E-state index < -0.39 is 0 Å². The Hall–Kier alpha value is -3.25. The van der Waals surface area contributed by atoms with Gasteiger partial charge in [0.15, 0.2) is 0 Å². The topological polar surface area (TPSA) is 86.7 Å². The van der Waals surface area contributed by atoms with Crippen LogP contribution in [0.5, 0.6) is 0 Å². The van der Waals surface area contributed by atoms with E-state index in [1.165, 1.54) is 0 Å². The second kappa shape index (κ2) is 6.70. The molecule has 0 aliphatic heterocycles. The van der Waals surface area contributed by atoms with E-state index in [2.05, 4.69) is 25.7 Å². The minimum atomic E-state index is -0.184. The predicted molar refractivity (Wildman–Crippen MR) is 97.0 cm³/mol. The Morgan fingerprint density at radius 2 is 1.76 bits per heavy atom. The SMILES string of the molecule is OCC(Nc1cncc(-c2ccc3n[nH]nc3c2)c1)c1ccccc1. The number of fused-ring (bicyclic) bond motifs is 1. The first kappa shape index (κ1) is 15.3. The summed E-state index contributed by atoms with van der Waals surface area (Å²) in [6.07, 6.45) is 3.56. The zero-order chi connectivity index (χ0) is 17.1. The first-order chi connectivity index (χ1) is 12.3. The van der Waals surface area contributed by atoms with Crippen molar-refractivity contribution >= 4 is 16.7 Å². The van der Waals surface area contributed by atoms with Crippen LogP contribution in [-0.4, -0.2) is 32.1 Å². The zero-order valence-electron chi connectivity index (χ0n) is 13.4. The van der Waals surface area contributed by atoms with Gasteiger partial charge in [0.05, 0.1) is 18.3 Å². The monoisotopic (exact) mass is 331 g/mol. The highest BCUT2D eigenvalue weighted by Crippen LogP contribution is 2.26. The molecule has 0 saturated heterocycles. The first-order valence-electron chi connectivity index (χ1n) is 8.02. The van der Waals surface area contributed by atoms with Gasteiger partial charge in [0.2, 0.25) is 0 Å². The van der Waals surface area contributed by atoms with E-state index in [-0.39, 0.29) is 12.6 Å². The molecule has 0 radical (unpaired) electrons. The van der Waals surface area contributed by atoms with Crippen molar-refractivity contribution in [2.75, 3.05) is 11.9 Å². The Morgan fingerprint density at radius 3 is 2.60 bits per heavy atom. The average Bonchev–Trinajstić information content (AvgIpc) is 3.15. The van der Waals surface area contributed by atoms with Gasteiger partial charge < -0.3 is 10.4 Å². The summed E-state index contributed by atoms with van der Waals surface area (Å²) in [4.78, 5) is 4.32. The lowest BCUT2D eigenvalue weighted by molar-refractivity contribution is 0.276. The van der Waals surface area contributed by atoms with Crippen LogP contribution in [0.4, 0.5) is 5.69 Å². The molecule has 4 rings (SSSR count). The third-order valence-corrected chi connectivity index (χ3v) is 4.11. The van der Waals surface area contributed by atoms with Crippen LogP contribution in [0.15, 0.2) is 67.0 Å². The molecule has 0 amide bonds. The number of aromatic nitrogens is 4. The van der Waals surface area contributed by atoms with Crippen molar-refractivity contribution in [1.82, 2.24) is 20.4 Å². The van der Waals surface area contributed by atoms with E-state index in [0.717, 1.165) is 33.4 Å². The van der Waals surface area contributed by atoms with Crippen LogP contribution in [-0.2, 0) is 0 Å². The molecule has 0 aliphatic rings. The molecule has 0 saturated carbocycles. The summed E-state index contributed by atoms with van der Waals surface area (Å²) >= 11 is 0. The molecule has 0 aliphatic carbocycles. The second-order valence-electron chi connectivity index (χ2n) is 5.78. The van der Waals surface area contributed by atoms with Crippen LogP contribution in [0.25, 0.3) is 22.2 Å². The summed E-state index contributed by atoms with van der Waals surface area (Å²) < 4.78 is 0. The normalized spacial score (nSPS) is 12.2. The van der Waals surface area contributed by atoms with Crippen LogP contribution >= 0.6 is 0 Å². The summed E-state index contributed by atoms with van der Waals surface area (Å²) in [6.45, 7) is -0.000854. The number of aliphatic hydroxyl groups excluding tert-OH is 1. The minimum absolute atomic E-state index is 0.000854. The number of anilines is 1. The summed E-state index contributed by atoms with van der Waals surface area (Å²) in [5.74, 6) is 0. The number of benzene rings is 2. The molecule has 0 bridgehead atoms. The summed E-state index contributed by atoms with van der Waals surface area (Å²) in [6, 6.07) is 17.6. The van der Waals surface area contributed by atoms with E-state index in [0.29, 0.717) is 0 Å². The van der Waals surface area contributed by atoms with Gasteiger partial charge in [-0.25, -0.2) is 0 Å². The van der Waals surface area contributed by atoms with Crippen LogP contribution in [0.3, 0.4) is 0 Å². The van der Waals surface area contributed by atoms with E-state index in [1.807, 2.05) is 60.8 Å². The lowest BCUT2D eigenvalue weighted by Crippen LogP contribution is -2.14. The number of nitrogens with one attached hydrogen (secondary N) is 2. The van der Waals surface area contributed by atoms with Gasteiger partial charge in [-0.1, -0.05) is 36.4 Å². The number of hydrogen-bond donors (Lipinski definition) is 3. The van der Waals surface area contributed by atoms with E-state index in [1.54, 1.807) is 6.20 Å². The van der Waals surface area contributed by atoms with Gasteiger partial charge in [-0.2, -0.15) is 15.4 Å². The number of aliphatic hydroxyl groups is 1. The van der Waals surface area contributed by atoms with Crippen LogP contribution in [0.1, 0.15) is 11.6 Å². The quantitative estimate of drug-likeness (QED) is 0.523. The molecular weight excluding hydrogens is 314 g/mol. The molecule has 2 aromatic heterocycles. The fourth-order valence-corrected chi connectivity index (χ4v) is 2.82. The van der Waals surface area contributed by atoms with Crippen molar-refractivity contribution in [3.63, 3.8) is 0 Å². The molecule has 2 aromatic carbocycles. The van der Waals surface area contributed by atoms with Crippen LogP contribution in [0.2, 0.25) is 0 Å². The van der Waals surface area contributed by atoms with Crippen molar-refractivity contribution in [2.45, 2.75) is 6.04 Å². The Morgan fingerprint density at radius 1 is 0.920 bits per heavy atom. The molecule has 1 atom stereocenters. The highest BCUT2D eigenvalue weighted by molar-refractivity contribution is 5.81. The Kier molecular flexibility index (Phi) is 4.10. The van der Waals surface area contributed by atoms with Gasteiger partial charge in [-0.15, -0.1) is 0 Å². The Bertz CT molecular complexity index is 983. The summed E-state index contributed by atoms with van der Waals surface area (Å²) in [7, 11) is 0. The van der Waals surface area contributed by atoms with Gasteiger partial charge >= 0.3 is 0 Å². The third-order valence-electron chi connectivity index (χ3n) is 4.11. The standard InChI is InChI=1S/C19H17N5O/c25-12-19(13-4-2-1-3-5-13)21-16-8-15(10-20-11-16)14-6-7-17-18(9-14)23-24-22-17/h1-11,19,21,25H,12H2,(H,22,23,24). The van der Waals surface area contributed by atoms with Gasteiger partial charge in [0.1, 0.15) is 11.0 Å². The highest BCUT2D eigenvalue weighted by Gasteiger charge is 2.11. The molecule has 6 heteroatoms. The molecule has 2 heterocycles.